The first-order valence-corrected chi connectivity index (χ1v) is 6.04. The minimum absolute atomic E-state index is 0.100. The molecule has 0 saturated heterocycles. The summed E-state index contributed by atoms with van der Waals surface area (Å²) in [6.07, 6.45) is 1.82. The predicted octanol–water partition coefficient (Wildman–Crippen LogP) is 3.28. The molecule has 3 nitrogen and oxygen atoms in total. The van der Waals surface area contributed by atoms with Crippen molar-refractivity contribution in [3.05, 3.63) is 76.6 Å². The van der Waals surface area contributed by atoms with Gasteiger partial charge in [-0.25, -0.2) is 0 Å². The Morgan fingerprint density at radius 3 is 2.58 bits per heavy atom. The average molecular weight is 248 g/mol. The molecule has 0 spiro atoms. The first-order valence-electron chi connectivity index (χ1n) is 6.04. The van der Waals surface area contributed by atoms with Crippen LogP contribution in [0.4, 0.5) is 5.69 Å². The molecule has 92 valence electrons. The number of rotatable bonds is 2. The molecule has 3 heteroatoms. The van der Waals surface area contributed by atoms with Gasteiger partial charge in [-0.1, -0.05) is 36.4 Å². The Morgan fingerprint density at radius 1 is 0.895 bits per heavy atom. The summed E-state index contributed by atoms with van der Waals surface area (Å²) in [5.41, 5.74) is 2.59. The molecule has 3 aromatic rings. The van der Waals surface area contributed by atoms with Gasteiger partial charge in [-0.2, -0.15) is 0 Å². The van der Waals surface area contributed by atoms with Gasteiger partial charge in [0.05, 0.1) is 11.2 Å². The number of nitrogens with one attached hydrogen (secondary N) is 1. The monoisotopic (exact) mass is 248 g/mol. The van der Waals surface area contributed by atoms with Gasteiger partial charge < -0.3 is 4.98 Å². The molecule has 0 aliphatic rings. The predicted molar refractivity (Wildman–Crippen MR) is 78.3 cm³/mol. The second-order valence-corrected chi connectivity index (χ2v) is 4.23. The first kappa shape index (κ1) is 11.4. The van der Waals surface area contributed by atoms with Crippen molar-refractivity contribution in [1.29, 1.82) is 0 Å². The third-order valence-corrected chi connectivity index (χ3v) is 2.89. The Kier molecular flexibility index (Phi) is 2.94. The zero-order chi connectivity index (χ0) is 13.1. The van der Waals surface area contributed by atoms with Crippen LogP contribution in [-0.4, -0.2) is 11.2 Å². The van der Waals surface area contributed by atoms with Crippen molar-refractivity contribution in [3.63, 3.8) is 0 Å². The Morgan fingerprint density at radius 2 is 1.74 bits per heavy atom. The minimum Gasteiger partial charge on any atom is -0.322 e. The Balaban J connectivity index is 2.06. The number of benzene rings is 2. The summed E-state index contributed by atoms with van der Waals surface area (Å²) in [6, 6.07) is 18.9. The number of fused-ring (bicyclic) bond motifs is 1. The lowest BCUT2D eigenvalue weighted by atomic mass is 10.2. The molecule has 0 unspecified atom stereocenters. The zero-order valence-corrected chi connectivity index (χ0v) is 10.2. The summed E-state index contributed by atoms with van der Waals surface area (Å²) in [6.45, 7) is 0. The molecule has 0 atom stereocenters. The molecule has 0 fully saturated rings. The largest absolute Gasteiger partial charge is 0.322 e. The lowest BCUT2D eigenvalue weighted by Gasteiger charge is -2.01. The highest BCUT2D eigenvalue weighted by atomic mass is 16.1. The van der Waals surface area contributed by atoms with Gasteiger partial charge >= 0.3 is 0 Å². The molecule has 19 heavy (non-hydrogen) atoms. The molecule has 1 N–H and O–H groups in total. The molecule has 0 amide bonds. The zero-order valence-electron chi connectivity index (χ0n) is 10.2. The van der Waals surface area contributed by atoms with Gasteiger partial charge in [-0.15, -0.1) is 0 Å². The number of hydrogen-bond acceptors (Lipinski definition) is 2. The second-order valence-electron chi connectivity index (χ2n) is 4.23. The van der Waals surface area contributed by atoms with E-state index in [1.165, 1.54) is 6.07 Å². The maximum absolute atomic E-state index is 11.3. The van der Waals surface area contributed by atoms with Gasteiger partial charge in [0, 0.05) is 17.7 Å². The summed E-state index contributed by atoms with van der Waals surface area (Å²) in [4.78, 5) is 18.6. The number of H-pyrrole nitrogens is 1. The van der Waals surface area contributed by atoms with Crippen molar-refractivity contribution in [2.75, 3.05) is 0 Å². The molecule has 0 saturated carbocycles. The van der Waals surface area contributed by atoms with E-state index in [1.54, 1.807) is 6.07 Å². The van der Waals surface area contributed by atoms with Crippen LogP contribution in [0.5, 0.6) is 0 Å². The summed E-state index contributed by atoms with van der Waals surface area (Å²) in [5, 5.41) is 0.939. The van der Waals surface area contributed by atoms with Crippen LogP contribution in [0.2, 0.25) is 0 Å². The lowest BCUT2D eigenvalue weighted by Crippen LogP contribution is -2.01. The molecule has 0 aliphatic heterocycles. The summed E-state index contributed by atoms with van der Waals surface area (Å²) in [7, 11) is 0. The van der Waals surface area contributed by atoms with E-state index in [-0.39, 0.29) is 5.56 Å². The highest BCUT2D eigenvalue weighted by Gasteiger charge is 1.99. The molecule has 2 aromatic carbocycles. The maximum atomic E-state index is 11.3. The molecular weight excluding hydrogens is 236 g/mol. The third-order valence-electron chi connectivity index (χ3n) is 2.89. The van der Waals surface area contributed by atoms with Crippen molar-refractivity contribution in [1.82, 2.24) is 4.98 Å². The van der Waals surface area contributed by atoms with Crippen LogP contribution in [0, 0.1) is 0 Å². The second kappa shape index (κ2) is 4.90. The quantitative estimate of drug-likeness (QED) is 0.695. The van der Waals surface area contributed by atoms with Crippen LogP contribution < -0.4 is 5.56 Å². The highest BCUT2D eigenvalue weighted by molar-refractivity contribution is 5.93. The Bertz CT molecular complexity index is 788. The van der Waals surface area contributed by atoms with Crippen LogP contribution in [0.15, 0.2) is 70.5 Å². The molecule has 1 aromatic heterocycles. The third kappa shape index (κ3) is 2.45. The topological polar surface area (TPSA) is 45.2 Å². The highest BCUT2D eigenvalue weighted by Crippen LogP contribution is 2.23. The fraction of sp³-hybridized carbons (Fsp3) is 0. The van der Waals surface area contributed by atoms with Crippen molar-refractivity contribution < 1.29 is 0 Å². The summed E-state index contributed by atoms with van der Waals surface area (Å²) in [5.74, 6) is 0. The summed E-state index contributed by atoms with van der Waals surface area (Å²) < 4.78 is 0. The summed E-state index contributed by atoms with van der Waals surface area (Å²) >= 11 is 0. The van der Waals surface area contributed by atoms with E-state index in [0.717, 1.165) is 22.2 Å². The minimum atomic E-state index is -0.100. The van der Waals surface area contributed by atoms with Gasteiger partial charge in [-0.3, -0.25) is 9.79 Å². The van der Waals surface area contributed by atoms with Crippen LogP contribution in [0.25, 0.3) is 10.9 Å². The molecule has 0 bridgehead atoms. The number of aromatic nitrogens is 1. The van der Waals surface area contributed by atoms with Crippen LogP contribution in [0.1, 0.15) is 5.56 Å². The van der Waals surface area contributed by atoms with Crippen LogP contribution >= 0.6 is 0 Å². The van der Waals surface area contributed by atoms with E-state index in [4.69, 9.17) is 0 Å². The smallest absolute Gasteiger partial charge is 0.248 e. The van der Waals surface area contributed by atoms with E-state index >= 15 is 0 Å². The normalized spacial score (nSPS) is 11.2. The van der Waals surface area contributed by atoms with Crippen molar-refractivity contribution >= 4 is 22.8 Å². The van der Waals surface area contributed by atoms with E-state index < -0.39 is 0 Å². The number of nitrogens with zero attached hydrogens (tertiary/aromatic N) is 1. The SMILES string of the molecule is O=c1ccc2c(N=Cc3ccccc3)cccc2[nH]1. The first-order chi connectivity index (χ1) is 9.33. The van der Waals surface area contributed by atoms with Crippen molar-refractivity contribution in [3.8, 4) is 0 Å². The van der Waals surface area contributed by atoms with Crippen LogP contribution in [-0.2, 0) is 0 Å². The van der Waals surface area contributed by atoms with Gasteiger partial charge in [0.25, 0.3) is 0 Å². The van der Waals surface area contributed by atoms with Gasteiger partial charge in [0.2, 0.25) is 5.56 Å². The molecule has 1 heterocycles. The molecule has 0 radical (unpaired) electrons. The number of pyridine rings is 1. The number of aromatic amines is 1. The van der Waals surface area contributed by atoms with Gasteiger partial charge in [0.1, 0.15) is 0 Å². The van der Waals surface area contributed by atoms with E-state index in [9.17, 15) is 4.79 Å². The molecule has 0 aliphatic carbocycles. The maximum Gasteiger partial charge on any atom is 0.248 e. The average Bonchev–Trinajstić information content (AvgIpc) is 2.45. The molecule has 3 rings (SSSR count). The molecular formula is C16H12N2O. The Labute approximate surface area is 110 Å². The van der Waals surface area contributed by atoms with E-state index in [1.807, 2.05) is 54.7 Å². The lowest BCUT2D eigenvalue weighted by molar-refractivity contribution is 1.30. The van der Waals surface area contributed by atoms with Crippen molar-refractivity contribution in [2.24, 2.45) is 4.99 Å². The fourth-order valence-electron chi connectivity index (χ4n) is 1.97. The van der Waals surface area contributed by atoms with E-state index in [0.29, 0.717) is 0 Å². The Hall–Kier alpha value is -2.68. The van der Waals surface area contributed by atoms with Gasteiger partial charge in [0.15, 0.2) is 0 Å². The van der Waals surface area contributed by atoms with Crippen LogP contribution in [0.3, 0.4) is 0 Å². The van der Waals surface area contributed by atoms with Crippen molar-refractivity contribution in [2.45, 2.75) is 0 Å². The van der Waals surface area contributed by atoms with E-state index in [2.05, 4.69) is 9.98 Å². The standard InChI is InChI=1S/C16H12N2O/c19-16-10-9-13-14(7-4-8-15(13)18-16)17-11-12-5-2-1-3-6-12/h1-11H,(H,18,19). The number of aliphatic imine (C=N–C) groups is 1. The fourth-order valence-corrected chi connectivity index (χ4v) is 1.97. The van der Waals surface area contributed by atoms with Gasteiger partial charge in [-0.05, 0) is 23.8 Å². The number of hydrogen-bond donors (Lipinski definition) is 1.